The molecule has 2 saturated carbocycles. The highest BCUT2D eigenvalue weighted by Gasteiger charge is 2.23. The molecule has 3 aliphatic rings. The van der Waals surface area contributed by atoms with E-state index in [1.165, 1.54) is 36.0 Å². The SMILES string of the molecule is O[C@H]1CC[C@H](Cn2cc(-c3ccc(CN4CCOCC4)cc3)c3cnc(NCCC4CC4)nc32)CC1. The number of morpholine rings is 1. The first-order valence-electron chi connectivity index (χ1n) is 13.9. The van der Waals surface area contributed by atoms with Gasteiger partial charge in [-0.25, -0.2) is 4.98 Å². The lowest BCUT2D eigenvalue weighted by Gasteiger charge is -2.26. The Morgan fingerprint density at radius 3 is 2.47 bits per heavy atom. The summed E-state index contributed by atoms with van der Waals surface area (Å²) in [5.41, 5.74) is 4.76. The quantitative estimate of drug-likeness (QED) is 0.454. The minimum Gasteiger partial charge on any atom is -0.393 e. The summed E-state index contributed by atoms with van der Waals surface area (Å²) in [4.78, 5) is 12.1. The summed E-state index contributed by atoms with van der Waals surface area (Å²) in [5.74, 6) is 2.20. The number of nitrogens with one attached hydrogen (secondary N) is 1. The molecule has 2 N–H and O–H groups in total. The van der Waals surface area contributed by atoms with Gasteiger partial charge >= 0.3 is 0 Å². The molecule has 0 atom stereocenters. The molecular formula is C29H39N5O2. The molecular weight excluding hydrogens is 450 g/mol. The van der Waals surface area contributed by atoms with Crippen molar-refractivity contribution in [2.24, 2.45) is 11.8 Å². The second kappa shape index (κ2) is 10.9. The van der Waals surface area contributed by atoms with Crippen LogP contribution in [-0.4, -0.2) is 63.5 Å². The van der Waals surface area contributed by atoms with Gasteiger partial charge in [-0.1, -0.05) is 37.1 Å². The Bertz CT molecular complexity index is 1140. The van der Waals surface area contributed by atoms with Crippen molar-refractivity contribution < 1.29 is 9.84 Å². The van der Waals surface area contributed by atoms with Gasteiger partial charge in [-0.05, 0) is 55.1 Å². The number of anilines is 1. The molecule has 0 radical (unpaired) electrons. The summed E-state index contributed by atoms with van der Waals surface area (Å²) >= 11 is 0. The van der Waals surface area contributed by atoms with Crippen LogP contribution in [0.25, 0.3) is 22.2 Å². The number of hydrogen-bond acceptors (Lipinski definition) is 6. The predicted molar refractivity (Wildman–Crippen MR) is 143 cm³/mol. The van der Waals surface area contributed by atoms with Crippen LogP contribution in [0.15, 0.2) is 36.7 Å². The standard InChI is InChI=1S/C29H39N5O2/c35-25-9-5-23(6-10-25)19-34-20-27(24-7-3-22(4-8-24)18-33-13-15-36-16-14-33)26-17-31-29(32-28(26)34)30-12-11-21-1-2-21/h3-4,7-8,17,20-21,23,25,35H,1-2,5-6,9-16,18-19H2,(H,30,31,32)/t23-,25-. The molecule has 3 heterocycles. The molecule has 0 bridgehead atoms. The number of aliphatic hydroxyl groups is 1. The molecule has 0 unspecified atom stereocenters. The van der Waals surface area contributed by atoms with E-state index in [1.54, 1.807) is 0 Å². The molecule has 6 rings (SSSR count). The van der Waals surface area contributed by atoms with E-state index >= 15 is 0 Å². The first-order valence-corrected chi connectivity index (χ1v) is 13.9. The fourth-order valence-corrected chi connectivity index (χ4v) is 5.73. The Morgan fingerprint density at radius 1 is 0.972 bits per heavy atom. The fourth-order valence-electron chi connectivity index (χ4n) is 5.73. The van der Waals surface area contributed by atoms with E-state index in [4.69, 9.17) is 9.72 Å². The van der Waals surface area contributed by atoms with Crippen LogP contribution in [0.1, 0.15) is 50.5 Å². The van der Waals surface area contributed by atoms with Crippen LogP contribution in [0.2, 0.25) is 0 Å². The maximum atomic E-state index is 9.96. The van der Waals surface area contributed by atoms with Crippen LogP contribution in [0, 0.1) is 11.8 Å². The Labute approximate surface area is 213 Å². The van der Waals surface area contributed by atoms with Crippen LogP contribution in [0.4, 0.5) is 5.95 Å². The third kappa shape index (κ3) is 5.74. The summed E-state index contributed by atoms with van der Waals surface area (Å²) in [7, 11) is 0. The monoisotopic (exact) mass is 489 g/mol. The van der Waals surface area contributed by atoms with Crippen LogP contribution in [0.5, 0.6) is 0 Å². The van der Waals surface area contributed by atoms with Crippen molar-refractivity contribution in [2.45, 2.75) is 64.1 Å². The molecule has 2 aromatic heterocycles. The van der Waals surface area contributed by atoms with Gasteiger partial charge in [0, 0.05) is 56.1 Å². The number of fused-ring (bicyclic) bond motifs is 1. The maximum Gasteiger partial charge on any atom is 0.224 e. The molecule has 7 nitrogen and oxygen atoms in total. The lowest BCUT2D eigenvalue weighted by molar-refractivity contribution is 0.0342. The van der Waals surface area contributed by atoms with Crippen molar-refractivity contribution in [1.29, 1.82) is 0 Å². The topological polar surface area (TPSA) is 75.4 Å². The molecule has 0 amide bonds. The van der Waals surface area contributed by atoms with E-state index < -0.39 is 0 Å². The van der Waals surface area contributed by atoms with Crippen LogP contribution in [-0.2, 0) is 17.8 Å². The molecule has 1 saturated heterocycles. The number of aliphatic hydroxyl groups excluding tert-OH is 1. The van der Waals surface area contributed by atoms with Crippen molar-refractivity contribution in [1.82, 2.24) is 19.4 Å². The summed E-state index contributed by atoms with van der Waals surface area (Å²) in [6.45, 7) is 6.51. The van der Waals surface area contributed by atoms with Gasteiger partial charge in [0.2, 0.25) is 5.95 Å². The van der Waals surface area contributed by atoms with E-state index in [-0.39, 0.29) is 6.10 Å². The third-order valence-electron chi connectivity index (χ3n) is 8.19. The van der Waals surface area contributed by atoms with Gasteiger partial charge in [0.1, 0.15) is 5.65 Å². The van der Waals surface area contributed by atoms with Gasteiger partial charge in [0.25, 0.3) is 0 Å². The molecule has 7 heteroatoms. The zero-order valence-corrected chi connectivity index (χ0v) is 21.2. The fraction of sp³-hybridized carbons (Fsp3) is 0.586. The third-order valence-corrected chi connectivity index (χ3v) is 8.19. The van der Waals surface area contributed by atoms with Crippen molar-refractivity contribution in [3.05, 3.63) is 42.2 Å². The normalized spacial score (nSPS) is 23.2. The van der Waals surface area contributed by atoms with E-state index in [2.05, 4.69) is 50.2 Å². The van der Waals surface area contributed by atoms with Gasteiger partial charge in [-0.15, -0.1) is 0 Å². The number of hydrogen-bond donors (Lipinski definition) is 2. The molecule has 1 aliphatic heterocycles. The molecule has 36 heavy (non-hydrogen) atoms. The number of nitrogens with zero attached hydrogens (tertiary/aromatic N) is 4. The summed E-state index contributed by atoms with van der Waals surface area (Å²) < 4.78 is 7.82. The summed E-state index contributed by atoms with van der Waals surface area (Å²) in [6.07, 6.45) is 12.1. The van der Waals surface area contributed by atoms with Gasteiger partial charge < -0.3 is 19.7 Å². The highest BCUT2D eigenvalue weighted by Crippen LogP contribution is 2.34. The largest absolute Gasteiger partial charge is 0.393 e. The van der Waals surface area contributed by atoms with E-state index in [9.17, 15) is 5.11 Å². The maximum absolute atomic E-state index is 9.96. The molecule has 0 spiro atoms. The molecule has 192 valence electrons. The lowest BCUT2D eigenvalue weighted by Crippen LogP contribution is -2.35. The zero-order chi connectivity index (χ0) is 24.3. The second-order valence-electron chi connectivity index (χ2n) is 11.0. The van der Waals surface area contributed by atoms with E-state index in [0.717, 1.165) is 94.5 Å². The number of benzene rings is 1. The zero-order valence-electron chi connectivity index (χ0n) is 21.2. The molecule has 3 aromatic rings. The first kappa shape index (κ1) is 23.9. The highest BCUT2D eigenvalue weighted by atomic mass is 16.5. The lowest BCUT2D eigenvalue weighted by atomic mass is 9.87. The van der Waals surface area contributed by atoms with E-state index in [0.29, 0.717) is 5.92 Å². The summed E-state index contributed by atoms with van der Waals surface area (Å²) in [5, 5.41) is 14.5. The minimum atomic E-state index is -0.126. The van der Waals surface area contributed by atoms with Gasteiger partial charge in [0.15, 0.2) is 0 Å². The average molecular weight is 490 g/mol. The Morgan fingerprint density at radius 2 is 1.72 bits per heavy atom. The van der Waals surface area contributed by atoms with Crippen molar-refractivity contribution >= 4 is 17.0 Å². The highest BCUT2D eigenvalue weighted by molar-refractivity contribution is 5.94. The van der Waals surface area contributed by atoms with E-state index in [1.807, 2.05) is 6.20 Å². The number of aromatic nitrogens is 3. The van der Waals surface area contributed by atoms with Gasteiger partial charge in [-0.2, -0.15) is 4.98 Å². The van der Waals surface area contributed by atoms with Crippen LogP contribution >= 0.6 is 0 Å². The Kier molecular flexibility index (Phi) is 7.21. The average Bonchev–Trinajstić information content (AvgIpc) is 3.67. The Balaban J connectivity index is 1.24. The van der Waals surface area contributed by atoms with Crippen LogP contribution < -0.4 is 5.32 Å². The molecule has 3 fully saturated rings. The molecule has 2 aliphatic carbocycles. The molecule has 1 aromatic carbocycles. The van der Waals surface area contributed by atoms with Crippen LogP contribution in [0.3, 0.4) is 0 Å². The minimum absolute atomic E-state index is 0.126. The number of rotatable bonds is 9. The number of ether oxygens (including phenoxy) is 1. The van der Waals surface area contributed by atoms with Crippen molar-refractivity contribution in [3.63, 3.8) is 0 Å². The van der Waals surface area contributed by atoms with Crippen molar-refractivity contribution in [2.75, 3.05) is 38.2 Å². The van der Waals surface area contributed by atoms with Gasteiger partial charge in [-0.3, -0.25) is 4.90 Å². The predicted octanol–water partition coefficient (Wildman–Crippen LogP) is 4.69. The first-order chi connectivity index (χ1) is 17.7. The smallest absolute Gasteiger partial charge is 0.224 e. The second-order valence-corrected chi connectivity index (χ2v) is 11.0. The Hall–Kier alpha value is -2.48. The van der Waals surface area contributed by atoms with Crippen molar-refractivity contribution in [3.8, 4) is 11.1 Å². The van der Waals surface area contributed by atoms with Gasteiger partial charge in [0.05, 0.1) is 19.3 Å². The summed E-state index contributed by atoms with van der Waals surface area (Å²) in [6, 6.07) is 9.00.